The number of nitrogens with zero attached hydrogens (tertiary/aromatic N) is 1. The maximum absolute atomic E-state index is 12.5. The number of hydrogen-bond donors (Lipinski definition) is 1. The van der Waals surface area contributed by atoms with Crippen molar-refractivity contribution in [3.8, 4) is 5.75 Å². The Balaban J connectivity index is 1.17. The second-order valence-corrected chi connectivity index (χ2v) is 10.4. The first-order valence-corrected chi connectivity index (χ1v) is 12.5. The van der Waals surface area contributed by atoms with Gasteiger partial charge in [0.25, 0.3) is 0 Å². The number of hydrogen-bond acceptors (Lipinski definition) is 5. The highest BCUT2D eigenvalue weighted by Crippen LogP contribution is 2.32. The fraction of sp³-hybridized carbons (Fsp3) is 0.435. The summed E-state index contributed by atoms with van der Waals surface area (Å²) in [6.07, 6.45) is 3.64. The number of nitrogens with one attached hydrogen (secondary N) is 1. The van der Waals surface area contributed by atoms with Crippen molar-refractivity contribution < 1.29 is 17.9 Å². The molecule has 166 valence electrons. The van der Waals surface area contributed by atoms with E-state index in [1.165, 1.54) is 6.07 Å². The second-order valence-electron chi connectivity index (χ2n) is 8.23. The zero-order valence-electron chi connectivity index (χ0n) is 17.3. The van der Waals surface area contributed by atoms with Gasteiger partial charge in [0.2, 0.25) is 10.0 Å². The van der Waals surface area contributed by atoms with Crippen LogP contribution in [0.2, 0.25) is 5.02 Å². The molecule has 1 N–H and O–H groups in total. The van der Waals surface area contributed by atoms with Gasteiger partial charge in [0, 0.05) is 35.6 Å². The number of halogens is 1. The van der Waals surface area contributed by atoms with E-state index in [4.69, 9.17) is 16.3 Å². The van der Waals surface area contributed by atoms with Crippen LogP contribution in [0.5, 0.6) is 5.75 Å². The van der Waals surface area contributed by atoms with Crippen molar-refractivity contribution in [2.24, 2.45) is 5.92 Å². The van der Waals surface area contributed by atoms with E-state index < -0.39 is 10.0 Å². The highest BCUT2D eigenvalue weighted by atomic mass is 35.5. The number of sulfonamides is 1. The number of ketones is 1. The lowest BCUT2D eigenvalue weighted by Crippen LogP contribution is -2.37. The van der Waals surface area contributed by atoms with Crippen molar-refractivity contribution in [2.45, 2.75) is 36.6 Å². The van der Waals surface area contributed by atoms with E-state index >= 15 is 0 Å². The number of carbonyl (C=O) groups excluding carboxylic acids is 1. The van der Waals surface area contributed by atoms with Crippen molar-refractivity contribution in [1.29, 1.82) is 0 Å². The van der Waals surface area contributed by atoms with Gasteiger partial charge in [0.05, 0.1) is 11.5 Å². The summed E-state index contributed by atoms with van der Waals surface area (Å²) in [7, 11) is -3.57. The Labute approximate surface area is 188 Å². The Morgan fingerprint density at radius 2 is 1.90 bits per heavy atom. The number of ether oxygens (including phenoxy) is 1. The average molecular weight is 463 g/mol. The molecule has 31 heavy (non-hydrogen) atoms. The highest BCUT2D eigenvalue weighted by Gasteiger charge is 2.30. The molecular formula is C23H27ClN2O4S. The molecule has 2 aromatic rings. The largest absolute Gasteiger partial charge is 0.494 e. The molecular weight excluding hydrogens is 436 g/mol. The highest BCUT2D eigenvalue weighted by molar-refractivity contribution is 7.89. The molecule has 2 aromatic carbocycles. The molecule has 8 heteroatoms. The predicted octanol–water partition coefficient (Wildman–Crippen LogP) is 3.75. The van der Waals surface area contributed by atoms with E-state index in [1.807, 2.05) is 24.3 Å². The zero-order valence-corrected chi connectivity index (χ0v) is 18.9. The Kier molecular flexibility index (Phi) is 6.96. The molecule has 6 nitrogen and oxygen atoms in total. The molecule has 1 saturated heterocycles. The lowest BCUT2D eigenvalue weighted by atomic mass is 10.1. The molecule has 0 amide bonds. The first-order valence-electron chi connectivity index (χ1n) is 10.7. The van der Waals surface area contributed by atoms with Gasteiger partial charge < -0.3 is 9.64 Å². The third-order valence-electron chi connectivity index (χ3n) is 5.67. The van der Waals surface area contributed by atoms with Crippen LogP contribution in [0.1, 0.15) is 36.0 Å². The second kappa shape index (κ2) is 9.69. The fourth-order valence-electron chi connectivity index (χ4n) is 3.83. The van der Waals surface area contributed by atoms with Crippen LogP contribution in [0.4, 0.5) is 0 Å². The molecule has 1 atom stereocenters. The van der Waals surface area contributed by atoms with Crippen LogP contribution in [0.15, 0.2) is 53.4 Å². The van der Waals surface area contributed by atoms with E-state index in [9.17, 15) is 13.2 Å². The Morgan fingerprint density at radius 1 is 1.13 bits per heavy atom. The van der Waals surface area contributed by atoms with Crippen LogP contribution in [0.3, 0.4) is 0 Å². The number of Topliss-reactive ketones (excluding diaryl/α,β-unsaturated/α-hetero) is 1. The van der Waals surface area contributed by atoms with Gasteiger partial charge in [0.15, 0.2) is 5.78 Å². The number of rotatable bonds is 10. The summed E-state index contributed by atoms with van der Waals surface area (Å²) < 4.78 is 33.7. The van der Waals surface area contributed by atoms with Crippen LogP contribution in [0, 0.1) is 5.92 Å². The molecule has 2 fully saturated rings. The summed E-state index contributed by atoms with van der Waals surface area (Å²) in [6.45, 7) is 2.94. The van der Waals surface area contributed by atoms with Crippen LogP contribution >= 0.6 is 11.6 Å². The average Bonchev–Trinajstić information content (AvgIpc) is 3.52. The molecule has 0 unspecified atom stereocenters. The zero-order chi connectivity index (χ0) is 21.8. The normalized spacial score (nSPS) is 19.5. The van der Waals surface area contributed by atoms with Gasteiger partial charge in [-0.2, -0.15) is 0 Å². The number of likely N-dealkylation sites (tertiary alicyclic amines) is 1. The molecule has 0 bridgehead atoms. The molecule has 1 heterocycles. The van der Waals surface area contributed by atoms with Crippen molar-refractivity contribution in [3.63, 3.8) is 0 Å². The summed E-state index contributed by atoms with van der Waals surface area (Å²) in [5.41, 5.74) is 0.762. The maximum Gasteiger partial charge on any atom is 0.240 e. The van der Waals surface area contributed by atoms with E-state index in [0.717, 1.165) is 50.1 Å². The van der Waals surface area contributed by atoms with Gasteiger partial charge in [-0.15, -0.1) is 0 Å². The van der Waals surface area contributed by atoms with E-state index in [0.29, 0.717) is 18.2 Å². The molecule has 0 radical (unpaired) electrons. The summed E-state index contributed by atoms with van der Waals surface area (Å²) in [5.74, 6) is 1.23. The van der Waals surface area contributed by atoms with Crippen LogP contribution in [0.25, 0.3) is 0 Å². The summed E-state index contributed by atoms with van der Waals surface area (Å²) in [6, 6.07) is 13.6. The molecule has 1 saturated carbocycles. The van der Waals surface area contributed by atoms with Gasteiger partial charge in [-0.05, 0) is 74.7 Å². The van der Waals surface area contributed by atoms with E-state index in [-0.39, 0.29) is 22.6 Å². The van der Waals surface area contributed by atoms with Crippen LogP contribution < -0.4 is 9.46 Å². The van der Waals surface area contributed by atoms with E-state index in [1.54, 1.807) is 18.2 Å². The Bertz CT molecular complexity index is 1020. The lowest BCUT2D eigenvalue weighted by molar-refractivity contribution is 0.0967. The van der Waals surface area contributed by atoms with Gasteiger partial charge in [0.1, 0.15) is 5.75 Å². The minimum atomic E-state index is -3.57. The minimum Gasteiger partial charge on any atom is -0.494 e. The first-order chi connectivity index (χ1) is 14.9. The lowest BCUT2D eigenvalue weighted by Gasteiger charge is -2.17. The molecule has 1 aliphatic carbocycles. The molecule has 1 aliphatic heterocycles. The van der Waals surface area contributed by atoms with Crippen molar-refractivity contribution in [1.82, 2.24) is 9.62 Å². The smallest absolute Gasteiger partial charge is 0.240 e. The van der Waals surface area contributed by atoms with Gasteiger partial charge in [-0.25, -0.2) is 13.1 Å². The van der Waals surface area contributed by atoms with Crippen LogP contribution in [-0.2, 0) is 10.0 Å². The Morgan fingerprint density at radius 3 is 2.61 bits per heavy atom. The number of carbonyl (C=O) groups is 1. The predicted molar refractivity (Wildman–Crippen MR) is 120 cm³/mol. The third-order valence-corrected chi connectivity index (χ3v) is 7.43. The molecule has 2 aliphatic rings. The van der Waals surface area contributed by atoms with Crippen molar-refractivity contribution in [2.75, 3.05) is 26.2 Å². The number of benzene rings is 2. The van der Waals surface area contributed by atoms with Crippen molar-refractivity contribution >= 4 is 27.4 Å². The van der Waals surface area contributed by atoms with Gasteiger partial charge in [-0.1, -0.05) is 17.7 Å². The summed E-state index contributed by atoms with van der Waals surface area (Å²) in [4.78, 5) is 14.5. The minimum absolute atomic E-state index is 0.110. The topological polar surface area (TPSA) is 75.7 Å². The van der Waals surface area contributed by atoms with Crippen LogP contribution in [-0.4, -0.2) is 51.4 Å². The monoisotopic (exact) mass is 462 g/mol. The standard InChI is InChI=1S/C23H27ClN2O4S/c24-19-3-1-4-22(15-19)31(28,29)25-20-11-13-26(16-20)12-2-14-30-21-9-7-18(8-10-21)23(27)17-5-6-17/h1,3-4,7-10,15,17,20,25H,2,5-6,11-14,16H2/t20-/m0/s1. The molecule has 0 spiro atoms. The first kappa shape index (κ1) is 22.3. The Hall–Kier alpha value is -1.93. The third kappa shape index (κ3) is 6.07. The maximum atomic E-state index is 12.5. The van der Waals surface area contributed by atoms with E-state index in [2.05, 4.69) is 9.62 Å². The quantitative estimate of drug-likeness (QED) is 0.430. The SMILES string of the molecule is O=C(c1ccc(OCCCN2CC[C@H](NS(=O)(=O)c3cccc(Cl)c3)C2)cc1)C1CC1. The molecule has 4 rings (SSSR count). The summed E-state index contributed by atoms with van der Waals surface area (Å²) in [5, 5.41) is 0.403. The molecule has 0 aromatic heterocycles. The summed E-state index contributed by atoms with van der Waals surface area (Å²) >= 11 is 5.92. The fourth-order valence-corrected chi connectivity index (χ4v) is 5.39. The van der Waals surface area contributed by atoms with Crippen molar-refractivity contribution in [3.05, 3.63) is 59.1 Å². The van der Waals surface area contributed by atoms with Gasteiger partial charge >= 0.3 is 0 Å². The van der Waals surface area contributed by atoms with Gasteiger partial charge in [-0.3, -0.25) is 4.79 Å².